The molecule has 0 aliphatic carbocycles. The summed E-state index contributed by atoms with van der Waals surface area (Å²) in [5, 5.41) is 4.63. The van der Waals surface area contributed by atoms with Crippen LogP contribution in [-0.4, -0.2) is 6.54 Å². The Kier molecular flexibility index (Phi) is 6.44. The number of unbranched alkanes of at least 4 members (excludes halogenated alkanes) is 1. The van der Waals surface area contributed by atoms with Gasteiger partial charge < -0.3 is 5.32 Å². The standard InChI is InChI=1S/C14H17Cl2N/c1-3-5-6-7-14(17-4-2)11-8-9-12(15)13(16)10-11/h1,8-10,14,17H,4-7H2,2H3. The zero-order valence-corrected chi connectivity index (χ0v) is 11.5. The van der Waals surface area contributed by atoms with Gasteiger partial charge >= 0.3 is 0 Å². The first kappa shape index (κ1) is 14.4. The van der Waals surface area contributed by atoms with Crippen molar-refractivity contribution in [2.75, 3.05) is 6.54 Å². The molecule has 1 unspecified atom stereocenters. The highest BCUT2D eigenvalue weighted by Gasteiger charge is 2.11. The van der Waals surface area contributed by atoms with Gasteiger partial charge in [0.15, 0.2) is 0 Å². The van der Waals surface area contributed by atoms with Gasteiger partial charge in [0.1, 0.15) is 0 Å². The second-order valence-electron chi connectivity index (χ2n) is 3.88. The van der Waals surface area contributed by atoms with Crippen molar-refractivity contribution in [1.82, 2.24) is 5.32 Å². The molecule has 0 aliphatic rings. The summed E-state index contributed by atoms with van der Waals surface area (Å²) in [6.45, 7) is 3.01. The van der Waals surface area contributed by atoms with Gasteiger partial charge in [0.25, 0.3) is 0 Å². The maximum atomic E-state index is 6.03. The van der Waals surface area contributed by atoms with Gasteiger partial charge in [0, 0.05) is 12.5 Å². The van der Waals surface area contributed by atoms with Gasteiger partial charge in [-0.3, -0.25) is 0 Å². The Hall–Kier alpha value is -0.680. The van der Waals surface area contributed by atoms with E-state index in [1.54, 1.807) is 0 Å². The van der Waals surface area contributed by atoms with Crippen molar-refractivity contribution >= 4 is 23.2 Å². The molecule has 0 heterocycles. The number of halogens is 2. The normalized spacial score (nSPS) is 12.1. The first-order valence-electron chi connectivity index (χ1n) is 5.80. The first-order valence-corrected chi connectivity index (χ1v) is 6.56. The molecule has 3 heteroatoms. The fraction of sp³-hybridized carbons (Fsp3) is 0.429. The van der Waals surface area contributed by atoms with E-state index in [1.807, 2.05) is 18.2 Å². The number of nitrogens with one attached hydrogen (secondary N) is 1. The second-order valence-corrected chi connectivity index (χ2v) is 4.69. The fourth-order valence-electron chi connectivity index (χ4n) is 1.77. The Morgan fingerprint density at radius 2 is 2.12 bits per heavy atom. The minimum atomic E-state index is 0.295. The van der Waals surface area contributed by atoms with Crippen molar-refractivity contribution in [2.45, 2.75) is 32.2 Å². The lowest BCUT2D eigenvalue weighted by Crippen LogP contribution is -2.20. The summed E-state index contributed by atoms with van der Waals surface area (Å²) < 4.78 is 0. The van der Waals surface area contributed by atoms with Crippen molar-refractivity contribution in [3.63, 3.8) is 0 Å². The molecule has 17 heavy (non-hydrogen) atoms. The molecular weight excluding hydrogens is 253 g/mol. The van der Waals surface area contributed by atoms with E-state index >= 15 is 0 Å². The molecule has 0 aliphatic heterocycles. The van der Waals surface area contributed by atoms with Gasteiger partial charge in [-0.1, -0.05) is 36.2 Å². The number of terminal acetylenes is 1. The second kappa shape index (κ2) is 7.61. The fourth-order valence-corrected chi connectivity index (χ4v) is 2.08. The molecular formula is C14H17Cl2N. The highest BCUT2D eigenvalue weighted by atomic mass is 35.5. The van der Waals surface area contributed by atoms with Crippen molar-refractivity contribution in [2.24, 2.45) is 0 Å². The van der Waals surface area contributed by atoms with Crippen LogP contribution >= 0.6 is 23.2 Å². The van der Waals surface area contributed by atoms with Gasteiger partial charge in [-0.2, -0.15) is 0 Å². The van der Waals surface area contributed by atoms with Crippen LogP contribution in [-0.2, 0) is 0 Å². The smallest absolute Gasteiger partial charge is 0.0595 e. The Morgan fingerprint density at radius 3 is 2.71 bits per heavy atom. The van der Waals surface area contributed by atoms with Gasteiger partial charge in [0.05, 0.1) is 10.0 Å². The zero-order chi connectivity index (χ0) is 12.7. The predicted molar refractivity (Wildman–Crippen MR) is 75.6 cm³/mol. The van der Waals surface area contributed by atoms with E-state index in [9.17, 15) is 0 Å². The number of benzene rings is 1. The monoisotopic (exact) mass is 269 g/mol. The van der Waals surface area contributed by atoms with Crippen LogP contribution in [0.3, 0.4) is 0 Å². The molecule has 92 valence electrons. The highest BCUT2D eigenvalue weighted by molar-refractivity contribution is 6.42. The Labute approximate surface area is 114 Å². The third kappa shape index (κ3) is 4.60. The Morgan fingerprint density at radius 1 is 1.35 bits per heavy atom. The van der Waals surface area contributed by atoms with E-state index in [0.29, 0.717) is 16.1 Å². The lowest BCUT2D eigenvalue weighted by atomic mass is 10.0. The summed E-state index contributed by atoms with van der Waals surface area (Å²) in [4.78, 5) is 0. The van der Waals surface area contributed by atoms with Gasteiger partial charge in [-0.05, 0) is 37.1 Å². The Balaban J connectivity index is 2.74. The van der Waals surface area contributed by atoms with Crippen LogP contribution in [0.4, 0.5) is 0 Å². The molecule has 0 amide bonds. The summed E-state index contributed by atoms with van der Waals surface area (Å²) in [5.41, 5.74) is 1.17. The third-order valence-electron chi connectivity index (χ3n) is 2.61. The van der Waals surface area contributed by atoms with Crippen LogP contribution < -0.4 is 5.32 Å². The molecule has 1 N–H and O–H groups in total. The van der Waals surface area contributed by atoms with E-state index in [2.05, 4.69) is 18.2 Å². The summed E-state index contributed by atoms with van der Waals surface area (Å²) in [7, 11) is 0. The van der Waals surface area contributed by atoms with Gasteiger partial charge in [-0.15, -0.1) is 12.3 Å². The summed E-state index contributed by atoms with van der Waals surface area (Å²) in [6, 6.07) is 6.07. The van der Waals surface area contributed by atoms with E-state index in [0.717, 1.165) is 25.8 Å². The van der Waals surface area contributed by atoms with Crippen molar-refractivity contribution in [1.29, 1.82) is 0 Å². The molecule has 1 atom stereocenters. The number of rotatable bonds is 6. The minimum absolute atomic E-state index is 0.295. The van der Waals surface area contributed by atoms with Gasteiger partial charge in [-0.25, -0.2) is 0 Å². The summed E-state index contributed by atoms with van der Waals surface area (Å²) in [6.07, 6.45) is 8.09. The molecule has 1 rings (SSSR count). The first-order chi connectivity index (χ1) is 8.19. The van der Waals surface area contributed by atoms with E-state index < -0.39 is 0 Å². The molecule has 0 fully saturated rings. The van der Waals surface area contributed by atoms with Crippen molar-refractivity contribution in [3.05, 3.63) is 33.8 Å². The topological polar surface area (TPSA) is 12.0 Å². The number of hydrogen-bond donors (Lipinski definition) is 1. The predicted octanol–water partition coefficient (Wildman–Crippen LogP) is 4.45. The van der Waals surface area contributed by atoms with E-state index in [1.165, 1.54) is 5.56 Å². The summed E-state index contributed by atoms with van der Waals surface area (Å²) in [5.74, 6) is 2.66. The zero-order valence-electron chi connectivity index (χ0n) is 9.97. The van der Waals surface area contributed by atoms with Crippen LogP contribution in [0.25, 0.3) is 0 Å². The van der Waals surface area contributed by atoms with Crippen LogP contribution in [0, 0.1) is 12.3 Å². The molecule has 0 spiro atoms. The van der Waals surface area contributed by atoms with E-state index in [-0.39, 0.29) is 0 Å². The molecule has 0 saturated carbocycles. The molecule has 0 radical (unpaired) electrons. The van der Waals surface area contributed by atoms with Crippen LogP contribution in [0.1, 0.15) is 37.8 Å². The number of hydrogen-bond acceptors (Lipinski definition) is 1. The molecule has 1 aromatic rings. The largest absolute Gasteiger partial charge is 0.310 e. The highest BCUT2D eigenvalue weighted by Crippen LogP contribution is 2.27. The Bertz CT molecular complexity index is 396. The minimum Gasteiger partial charge on any atom is -0.310 e. The van der Waals surface area contributed by atoms with Crippen molar-refractivity contribution in [3.8, 4) is 12.3 Å². The average Bonchev–Trinajstić information content (AvgIpc) is 2.32. The third-order valence-corrected chi connectivity index (χ3v) is 3.35. The molecule has 0 saturated heterocycles. The lowest BCUT2D eigenvalue weighted by Gasteiger charge is -2.18. The SMILES string of the molecule is C#CCCCC(NCC)c1ccc(Cl)c(Cl)c1. The van der Waals surface area contributed by atoms with Crippen molar-refractivity contribution < 1.29 is 0 Å². The molecule has 0 aromatic heterocycles. The molecule has 0 bridgehead atoms. The van der Waals surface area contributed by atoms with Crippen LogP contribution in [0.2, 0.25) is 10.0 Å². The lowest BCUT2D eigenvalue weighted by molar-refractivity contribution is 0.502. The van der Waals surface area contributed by atoms with Crippen LogP contribution in [0.5, 0.6) is 0 Å². The maximum absolute atomic E-state index is 6.03. The maximum Gasteiger partial charge on any atom is 0.0595 e. The van der Waals surface area contributed by atoms with Gasteiger partial charge in [0.2, 0.25) is 0 Å². The van der Waals surface area contributed by atoms with E-state index in [4.69, 9.17) is 29.6 Å². The average molecular weight is 270 g/mol. The van der Waals surface area contributed by atoms with Crippen LogP contribution in [0.15, 0.2) is 18.2 Å². The molecule has 1 nitrogen and oxygen atoms in total. The quantitative estimate of drug-likeness (QED) is 0.595. The summed E-state index contributed by atoms with van der Waals surface area (Å²) >= 11 is 11.9. The molecule has 1 aromatic carbocycles.